The molecule has 0 radical (unpaired) electrons. The molecule has 6 heteroatoms. The van der Waals surface area contributed by atoms with E-state index in [4.69, 9.17) is 5.84 Å². The molecule has 0 unspecified atom stereocenters. The third-order valence-corrected chi connectivity index (χ3v) is 3.65. The van der Waals surface area contributed by atoms with Crippen molar-refractivity contribution >= 4 is 11.6 Å². The predicted molar refractivity (Wildman–Crippen MR) is 80.3 cm³/mol. The van der Waals surface area contributed by atoms with Crippen LogP contribution in [0.4, 0.5) is 16.0 Å². The molecule has 0 atom stereocenters. The second-order valence-corrected chi connectivity index (χ2v) is 5.27. The first kappa shape index (κ1) is 13.8. The van der Waals surface area contributed by atoms with Crippen molar-refractivity contribution in [1.82, 2.24) is 9.97 Å². The van der Waals surface area contributed by atoms with E-state index in [0.717, 1.165) is 24.2 Å². The van der Waals surface area contributed by atoms with Gasteiger partial charge in [0.25, 0.3) is 0 Å². The fourth-order valence-electron chi connectivity index (χ4n) is 2.19. The van der Waals surface area contributed by atoms with Crippen LogP contribution in [-0.4, -0.2) is 9.97 Å². The van der Waals surface area contributed by atoms with Crippen molar-refractivity contribution in [3.8, 4) is 0 Å². The van der Waals surface area contributed by atoms with E-state index in [9.17, 15) is 4.39 Å². The molecule has 1 aliphatic rings. The Bertz CT molecular complexity index is 655. The minimum atomic E-state index is -0.226. The summed E-state index contributed by atoms with van der Waals surface area (Å²) >= 11 is 0. The van der Waals surface area contributed by atoms with Gasteiger partial charge in [-0.05, 0) is 25.8 Å². The van der Waals surface area contributed by atoms with Crippen molar-refractivity contribution < 1.29 is 4.39 Å². The summed E-state index contributed by atoms with van der Waals surface area (Å²) in [6, 6.07) is 6.70. The van der Waals surface area contributed by atoms with Gasteiger partial charge in [-0.3, -0.25) is 0 Å². The average Bonchev–Trinajstić information content (AvgIpc) is 3.32. The first-order chi connectivity index (χ1) is 10.2. The number of benzene rings is 1. The van der Waals surface area contributed by atoms with E-state index in [2.05, 4.69) is 20.7 Å². The Hall–Kier alpha value is -2.21. The van der Waals surface area contributed by atoms with Gasteiger partial charge < -0.3 is 10.7 Å². The lowest BCUT2D eigenvalue weighted by atomic mass is 10.2. The van der Waals surface area contributed by atoms with E-state index in [1.807, 2.05) is 13.0 Å². The maximum absolute atomic E-state index is 13.7. The number of hydrogen-bond donors (Lipinski definition) is 3. The Morgan fingerprint density at radius 3 is 2.62 bits per heavy atom. The average molecular weight is 287 g/mol. The summed E-state index contributed by atoms with van der Waals surface area (Å²) in [6.07, 6.45) is 2.22. The molecule has 1 fully saturated rings. The van der Waals surface area contributed by atoms with Crippen LogP contribution in [0.25, 0.3) is 0 Å². The first-order valence-electron chi connectivity index (χ1n) is 7.01. The van der Waals surface area contributed by atoms with Gasteiger partial charge in [-0.1, -0.05) is 18.2 Å². The third kappa shape index (κ3) is 2.95. The lowest BCUT2D eigenvalue weighted by Gasteiger charge is -2.13. The molecule has 0 aliphatic heterocycles. The summed E-state index contributed by atoms with van der Waals surface area (Å²) in [6.45, 7) is 2.26. The van der Waals surface area contributed by atoms with E-state index in [1.165, 1.54) is 6.07 Å². The molecule has 0 amide bonds. The van der Waals surface area contributed by atoms with E-state index >= 15 is 0 Å². The van der Waals surface area contributed by atoms with Crippen LogP contribution in [0.15, 0.2) is 24.3 Å². The van der Waals surface area contributed by atoms with Crippen LogP contribution in [0.1, 0.15) is 35.7 Å². The number of nitrogens with two attached hydrogens (primary N) is 1. The lowest BCUT2D eigenvalue weighted by Crippen LogP contribution is -2.15. The molecule has 5 nitrogen and oxygen atoms in total. The van der Waals surface area contributed by atoms with E-state index in [-0.39, 0.29) is 5.82 Å². The molecule has 21 heavy (non-hydrogen) atoms. The molecular weight excluding hydrogens is 269 g/mol. The van der Waals surface area contributed by atoms with E-state index in [1.54, 1.807) is 12.1 Å². The van der Waals surface area contributed by atoms with Gasteiger partial charge in [0.2, 0.25) is 0 Å². The van der Waals surface area contributed by atoms with Crippen LogP contribution >= 0.6 is 0 Å². The van der Waals surface area contributed by atoms with Crippen molar-refractivity contribution in [1.29, 1.82) is 0 Å². The van der Waals surface area contributed by atoms with Crippen LogP contribution < -0.4 is 16.6 Å². The molecule has 0 spiro atoms. The summed E-state index contributed by atoms with van der Waals surface area (Å²) in [5.74, 6) is 7.82. The fourth-order valence-corrected chi connectivity index (χ4v) is 2.19. The predicted octanol–water partition coefficient (Wildman–Crippen LogP) is 2.70. The largest absolute Gasteiger partial charge is 0.365 e. The Kier molecular flexibility index (Phi) is 3.70. The zero-order valence-corrected chi connectivity index (χ0v) is 11.9. The lowest BCUT2D eigenvalue weighted by molar-refractivity contribution is 0.613. The van der Waals surface area contributed by atoms with Crippen molar-refractivity contribution in [3.63, 3.8) is 0 Å². The Labute approximate surface area is 122 Å². The highest BCUT2D eigenvalue weighted by Gasteiger charge is 2.28. The second-order valence-electron chi connectivity index (χ2n) is 5.27. The van der Waals surface area contributed by atoms with Crippen LogP contribution in [0, 0.1) is 12.7 Å². The number of hydrogen-bond acceptors (Lipinski definition) is 5. The van der Waals surface area contributed by atoms with Crippen LogP contribution in [0.3, 0.4) is 0 Å². The highest BCUT2D eigenvalue weighted by molar-refractivity contribution is 5.57. The van der Waals surface area contributed by atoms with Crippen molar-refractivity contribution in [2.75, 3.05) is 10.7 Å². The van der Waals surface area contributed by atoms with Crippen LogP contribution in [0.5, 0.6) is 0 Å². The highest BCUT2D eigenvalue weighted by atomic mass is 19.1. The van der Waals surface area contributed by atoms with Gasteiger partial charge in [0.15, 0.2) is 0 Å². The topological polar surface area (TPSA) is 75.9 Å². The van der Waals surface area contributed by atoms with Crippen molar-refractivity contribution in [3.05, 3.63) is 47.0 Å². The van der Waals surface area contributed by atoms with Crippen LogP contribution in [-0.2, 0) is 6.54 Å². The zero-order chi connectivity index (χ0) is 14.8. The third-order valence-electron chi connectivity index (χ3n) is 3.65. The quantitative estimate of drug-likeness (QED) is 0.582. The number of halogens is 1. The number of aromatic nitrogens is 2. The summed E-state index contributed by atoms with van der Waals surface area (Å²) in [5, 5.41) is 3.18. The SMILES string of the molecule is Cc1c(NN)nc(C2CC2)nc1NCc1ccccc1F. The van der Waals surface area contributed by atoms with Gasteiger partial charge in [-0.2, -0.15) is 0 Å². The minimum absolute atomic E-state index is 0.226. The summed E-state index contributed by atoms with van der Waals surface area (Å²) in [5.41, 5.74) is 4.04. The fraction of sp³-hybridized carbons (Fsp3) is 0.333. The molecule has 4 N–H and O–H groups in total. The maximum Gasteiger partial charge on any atom is 0.148 e. The van der Waals surface area contributed by atoms with Gasteiger partial charge in [0.1, 0.15) is 23.3 Å². The van der Waals surface area contributed by atoms with Crippen molar-refractivity contribution in [2.45, 2.75) is 32.2 Å². The first-order valence-corrected chi connectivity index (χ1v) is 7.01. The number of nitrogens with zero attached hydrogens (tertiary/aromatic N) is 2. The summed E-state index contributed by atoms with van der Waals surface area (Å²) in [7, 11) is 0. The second kappa shape index (κ2) is 5.65. The molecular formula is C15H18FN5. The molecule has 1 heterocycles. The maximum atomic E-state index is 13.7. The van der Waals surface area contributed by atoms with Crippen LogP contribution in [0.2, 0.25) is 0 Å². The monoisotopic (exact) mass is 287 g/mol. The number of hydrazine groups is 1. The smallest absolute Gasteiger partial charge is 0.148 e. The summed E-state index contributed by atoms with van der Waals surface area (Å²) in [4.78, 5) is 8.97. The summed E-state index contributed by atoms with van der Waals surface area (Å²) < 4.78 is 13.7. The highest BCUT2D eigenvalue weighted by Crippen LogP contribution is 2.39. The molecule has 0 saturated heterocycles. The molecule has 1 saturated carbocycles. The minimum Gasteiger partial charge on any atom is -0.365 e. The molecule has 3 rings (SSSR count). The molecule has 2 aromatic rings. The van der Waals surface area contributed by atoms with Gasteiger partial charge in [0, 0.05) is 23.6 Å². The number of anilines is 2. The number of rotatable bonds is 5. The number of nitrogens with one attached hydrogen (secondary N) is 2. The Morgan fingerprint density at radius 1 is 1.24 bits per heavy atom. The zero-order valence-electron chi connectivity index (χ0n) is 11.9. The molecule has 0 bridgehead atoms. The molecule has 1 aromatic carbocycles. The molecule has 110 valence electrons. The Balaban J connectivity index is 1.84. The van der Waals surface area contributed by atoms with Gasteiger partial charge in [0.05, 0.1) is 0 Å². The molecule has 1 aliphatic carbocycles. The van der Waals surface area contributed by atoms with E-state index < -0.39 is 0 Å². The van der Waals surface area contributed by atoms with Gasteiger partial charge in [-0.15, -0.1) is 0 Å². The van der Waals surface area contributed by atoms with Gasteiger partial charge in [-0.25, -0.2) is 20.2 Å². The normalized spacial score (nSPS) is 14.0. The Morgan fingerprint density at radius 2 is 1.95 bits per heavy atom. The van der Waals surface area contributed by atoms with Gasteiger partial charge >= 0.3 is 0 Å². The van der Waals surface area contributed by atoms with E-state index in [0.29, 0.717) is 29.7 Å². The standard InChI is InChI=1S/C15H18FN5/c1-9-13(18-8-11-4-2-3-5-12(11)16)19-15(10-6-7-10)20-14(9)21-17/h2-5,10H,6-8,17H2,1H3,(H2,18,19,20,21). The number of nitrogen functional groups attached to an aromatic ring is 1. The van der Waals surface area contributed by atoms with Crippen molar-refractivity contribution in [2.24, 2.45) is 5.84 Å². The molecule has 1 aromatic heterocycles.